The van der Waals surface area contributed by atoms with E-state index in [2.05, 4.69) is 32.9 Å². The van der Waals surface area contributed by atoms with Crippen molar-refractivity contribution in [1.82, 2.24) is 0 Å². The molecule has 0 heterocycles. The quantitative estimate of drug-likeness (QED) is 0.694. The summed E-state index contributed by atoms with van der Waals surface area (Å²) in [6.45, 7) is 10.6. The topological polar surface area (TPSA) is 40.5 Å². The van der Waals surface area contributed by atoms with Crippen LogP contribution in [0.25, 0.3) is 0 Å². The second-order valence-corrected chi connectivity index (χ2v) is 8.37. The summed E-state index contributed by atoms with van der Waals surface area (Å²) in [5.41, 5.74) is 1.46. The molecule has 2 aliphatic rings. The first-order valence-corrected chi connectivity index (χ1v) is 8.94. The molecule has 1 fully saturated rings. The maximum atomic E-state index is 11.0. The minimum absolute atomic E-state index is 0.0679. The van der Waals surface area contributed by atoms with E-state index >= 15 is 0 Å². The molecule has 0 aliphatic heterocycles. The molecule has 0 aromatic rings. The normalized spacial score (nSPS) is 45.5. The van der Waals surface area contributed by atoms with Crippen molar-refractivity contribution in [3.8, 4) is 0 Å². The molecule has 2 rings (SSSR count). The molecule has 0 aromatic carbocycles. The number of rotatable bonds is 1. The van der Waals surface area contributed by atoms with Crippen LogP contribution in [0.3, 0.4) is 0 Å². The maximum absolute atomic E-state index is 11.0. The van der Waals surface area contributed by atoms with Crippen molar-refractivity contribution < 1.29 is 10.2 Å². The first-order chi connectivity index (χ1) is 10.1. The summed E-state index contributed by atoms with van der Waals surface area (Å²) in [7, 11) is 0. The van der Waals surface area contributed by atoms with Crippen LogP contribution in [0.15, 0.2) is 23.3 Å². The second-order valence-electron chi connectivity index (χ2n) is 8.37. The van der Waals surface area contributed by atoms with Crippen LogP contribution in [0.2, 0.25) is 0 Å². The van der Waals surface area contributed by atoms with E-state index in [-0.39, 0.29) is 11.8 Å². The Hall–Kier alpha value is -0.600. The Bertz CT molecular complexity index is 454. The van der Waals surface area contributed by atoms with E-state index in [1.165, 1.54) is 11.1 Å². The van der Waals surface area contributed by atoms with Crippen molar-refractivity contribution >= 4 is 0 Å². The third-order valence-electron chi connectivity index (χ3n) is 6.00. The molecule has 0 saturated heterocycles. The molecule has 4 atom stereocenters. The van der Waals surface area contributed by atoms with Crippen molar-refractivity contribution in [1.29, 1.82) is 0 Å². The van der Waals surface area contributed by atoms with Gasteiger partial charge >= 0.3 is 0 Å². The number of hydrogen-bond acceptors (Lipinski definition) is 2. The highest BCUT2D eigenvalue weighted by Crippen LogP contribution is 2.48. The molecule has 2 nitrogen and oxygen atoms in total. The Balaban J connectivity index is 2.42. The van der Waals surface area contributed by atoms with Gasteiger partial charge in [0.15, 0.2) is 0 Å². The average molecular weight is 306 g/mol. The fourth-order valence-electron chi connectivity index (χ4n) is 4.26. The van der Waals surface area contributed by atoms with Gasteiger partial charge in [-0.3, -0.25) is 0 Å². The number of fused-ring (bicyclic) bond motifs is 1. The Morgan fingerprint density at radius 3 is 2.41 bits per heavy atom. The van der Waals surface area contributed by atoms with Crippen molar-refractivity contribution in [3.63, 3.8) is 0 Å². The van der Waals surface area contributed by atoms with Crippen LogP contribution in [0.5, 0.6) is 0 Å². The van der Waals surface area contributed by atoms with Crippen LogP contribution in [-0.2, 0) is 0 Å². The van der Waals surface area contributed by atoms with Gasteiger partial charge in [0, 0.05) is 5.92 Å². The Labute approximate surface area is 136 Å². The van der Waals surface area contributed by atoms with Gasteiger partial charge in [-0.25, -0.2) is 0 Å². The van der Waals surface area contributed by atoms with Gasteiger partial charge in [0.1, 0.15) is 0 Å². The van der Waals surface area contributed by atoms with Crippen LogP contribution in [-0.4, -0.2) is 21.4 Å². The highest BCUT2D eigenvalue weighted by atomic mass is 16.3. The predicted molar refractivity (Wildman–Crippen MR) is 92.6 cm³/mol. The lowest BCUT2D eigenvalue weighted by Crippen LogP contribution is -2.41. The van der Waals surface area contributed by atoms with Gasteiger partial charge in [-0.05, 0) is 71.1 Å². The predicted octanol–water partition coefficient (Wildman–Crippen LogP) is 4.62. The summed E-state index contributed by atoms with van der Waals surface area (Å²) in [4.78, 5) is 0. The molecule has 126 valence electrons. The van der Waals surface area contributed by atoms with Crippen LogP contribution in [0.1, 0.15) is 73.1 Å². The summed E-state index contributed by atoms with van der Waals surface area (Å²) >= 11 is 0. The van der Waals surface area contributed by atoms with Crippen molar-refractivity contribution in [3.05, 3.63) is 23.3 Å². The molecule has 2 heteroatoms. The molecule has 1 saturated carbocycles. The second kappa shape index (κ2) is 6.49. The van der Waals surface area contributed by atoms with Gasteiger partial charge in [0.05, 0.1) is 11.2 Å². The molecule has 0 aromatic heterocycles. The number of allylic oxidation sites excluding steroid dienone is 3. The van der Waals surface area contributed by atoms with Gasteiger partial charge in [0.2, 0.25) is 0 Å². The zero-order valence-corrected chi connectivity index (χ0v) is 15.0. The van der Waals surface area contributed by atoms with Gasteiger partial charge in [-0.15, -0.1) is 0 Å². The van der Waals surface area contributed by atoms with E-state index in [9.17, 15) is 10.2 Å². The highest BCUT2D eigenvalue weighted by molar-refractivity contribution is 5.18. The lowest BCUT2D eigenvalue weighted by Gasteiger charge is -2.37. The molecule has 0 amide bonds. The first kappa shape index (κ1) is 17.7. The Morgan fingerprint density at radius 2 is 1.77 bits per heavy atom. The lowest BCUT2D eigenvalue weighted by atomic mass is 9.74. The summed E-state index contributed by atoms with van der Waals surface area (Å²) in [5.74, 6) is 0.719. The third kappa shape index (κ3) is 3.83. The van der Waals surface area contributed by atoms with Crippen LogP contribution in [0, 0.1) is 17.8 Å². The lowest BCUT2D eigenvalue weighted by molar-refractivity contribution is -0.0453. The fourth-order valence-corrected chi connectivity index (χ4v) is 4.26. The SMILES string of the molecule is C/C1=C\CC[C@@](C)(O)[C@@H]2CC[C@](C)(O)[C@H]2/C=C(/C(C)C)CC1. The Morgan fingerprint density at radius 1 is 1.09 bits per heavy atom. The molecular formula is C20H34O2. The Kier molecular flexibility index (Phi) is 5.23. The monoisotopic (exact) mass is 306 g/mol. The van der Waals surface area contributed by atoms with E-state index in [0.717, 1.165) is 38.5 Å². The first-order valence-electron chi connectivity index (χ1n) is 8.94. The smallest absolute Gasteiger partial charge is 0.0686 e. The molecular weight excluding hydrogens is 272 g/mol. The maximum Gasteiger partial charge on any atom is 0.0686 e. The molecule has 2 N–H and O–H groups in total. The largest absolute Gasteiger partial charge is 0.390 e. The summed E-state index contributed by atoms with van der Waals surface area (Å²) < 4.78 is 0. The van der Waals surface area contributed by atoms with E-state index in [0.29, 0.717) is 5.92 Å². The van der Waals surface area contributed by atoms with Gasteiger partial charge in [-0.2, -0.15) is 0 Å². The van der Waals surface area contributed by atoms with E-state index in [4.69, 9.17) is 0 Å². The molecule has 0 spiro atoms. The molecule has 0 radical (unpaired) electrons. The summed E-state index contributed by atoms with van der Waals surface area (Å²) in [5, 5.41) is 21.9. The van der Waals surface area contributed by atoms with Crippen LogP contribution < -0.4 is 0 Å². The molecule has 0 unspecified atom stereocenters. The fraction of sp³-hybridized carbons (Fsp3) is 0.800. The third-order valence-corrected chi connectivity index (χ3v) is 6.00. The number of hydrogen-bond donors (Lipinski definition) is 2. The molecule has 2 aliphatic carbocycles. The summed E-state index contributed by atoms with van der Waals surface area (Å²) in [6, 6.07) is 0. The standard InChI is InChI=1S/C20H34O2/c1-14(2)16-9-8-15(3)7-6-11-19(4,21)17-10-12-20(5,22)18(17)13-16/h7,13-14,17-18,21-22H,6,8-12H2,1-5H3/b15-7+,16-13+/t17-,18+,19-,20+/m1/s1. The van der Waals surface area contributed by atoms with Gasteiger partial charge < -0.3 is 10.2 Å². The van der Waals surface area contributed by atoms with E-state index in [1.54, 1.807) is 0 Å². The number of aliphatic hydroxyl groups is 2. The van der Waals surface area contributed by atoms with Gasteiger partial charge in [0.25, 0.3) is 0 Å². The minimum atomic E-state index is -0.704. The molecule has 22 heavy (non-hydrogen) atoms. The highest BCUT2D eigenvalue weighted by Gasteiger charge is 2.49. The molecule has 0 bridgehead atoms. The van der Waals surface area contributed by atoms with Crippen molar-refractivity contribution in [2.45, 2.75) is 84.3 Å². The average Bonchev–Trinajstić information content (AvgIpc) is 2.68. The van der Waals surface area contributed by atoms with E-state index < -0.39 is 11.2 Å². The minimum Gasteiger partial charge on any atom is -0.390 e. The van der Waals surface area contributed by atoms with Crippen molar-refractivity contribution in [2.75, 3.05) is 0 Å². The zero-order chi connectivity index (χ0) is 16.5. The van der Waals surface area contributed by atoms with Crippen LogP contribution >= 0.6 is 0 Å². The summed E-state index contributed by atoms with van der Waals surface area (Å²) in [6.07, 6.45) is 10.2. The van der Waals surface area contributed by atoms with Gasteiger partial charge in [-0.1, -0.05) is 37.1 Å². The van der Waals surface area contributed by atoms with E-state index in [1.807, 2.05) is 13.8 Å². The zero-order valence-electron chi connectivity index (χ0n) is 15.0. The van der Waals surface area contributed by atoms with Crippen LogP contribution in [0.4, 0.5) is 0 Å². The van der Waals surface area contributed by atoms with Crippen molar-refractivity contribution in [2.24, 2.45) is 17.8 Å².